The lowest BCUT2D eigenvalue weighted by Crippen LogP contribution is -2.12. The van der Waals surface area contributed by atoms with Crippen LogP contribution in [0.2, 0.25) is 0 Å². The Hall–Kier alpha value is -1.91. The van der Waals surface area contributed by atoms with E-state index in [0.29, 0.717) is 0 Å². The first-order chi connectivity index (χ1) is 9.56. The summed E-state index contributed by atoms with van der Waals surface area (Å²) in [5, 5.41) is 7.86. The minimum absolute atomic E-state index is 0.847. The fraction of sp³-hybridized carbons (Fsp3) is 0.533. The zero-order valence-corrected chi connectivity index (χ0v) is 13.0. The minimum atomic E-state index is 0.847. The molecule has 20 heavy (non-hydrogen) atoms. The highest BCUT2D eigenvalue weighted by atomic mass is 15.3. The SMILES string of the molecule is CCCc1nc(NCC)c(C)c(-n2nc(C)cc2C)n1. The van der Waals surface area contributed by atoms with E-state index in [1.54, 1.807) is 0 Å². The van der Waals surface area contributed by atoms with Gasteiger partial charge in [0, 0.05) is 24.2 Å². The molecule has 0 atom stereocenters. The van der Waals surface area contributed by atoms with Crippen LogP contribution in [0.5, 0.6) is 0 Å². The standard InChI is InChI=1S/C15H23N5/c1-6-8-13-17-14(16-7-2)12(5)15(18-13)20-11(4)9-10(3)19-20/h9H,6-8H2,1-5H3,(H,16,17,18). The van der Waals surface area contributed by atoms with Crippen LogP contribution in [0.1, 0.15) is 43.0 Å². The highest BCUT2D eigenvalue weighted by molar-refractivity contribution is 5.52. The summed E-state index contributed by atoms with van der Waals surface area (Å²) in [6, 6.07) is 2.06. The van der Waals surface area contributed by atoms with E-state index in [2.05, 4.69) is 35.3 Å². The summed E-state index contributed by atoms with van der Waals surface area (Å²) in [7, 11) is 0. The van der Waals surface area contributed by atoms with Gasteiger partial charge in [-0.15, -0.1) is 0 Å². The number of aryl methyl sites for hydroxylation is 3. The molecule has 0 unspecified atom stereocenters. The molecule has 0 spiro atoms. The minimum Gasteiger partial charge on any atom is -0.370 e. The average molecular weight is 273 g/mol. The lowest BCUT2D eigenvalue weighted by atomic mass is 10.2. The van der Waals surface area contributed by atoms with E-state index in [-0.39, 0.29) is 0 Å². The van der Waals surface area contributed by atoms with Crippen LogP contribution in [0.4, 0.5) is 5.82 Å². The smallest absolute Gasteiger partial charge is 0.162 e. The van der Waals surface area contributed by atoms with E-state index in [0.717, 1.165) is 53.8 Å². The van der Waals surface area contributed by atoms with Crippen molar-refractivity contribution in [1.82, 2.24) is 19.7 Å². The van der Waals surface area contributed by atoms with Gasteiger partial charge in [-0.2, -0.15) is 5.10 Å². The second-order valence-electron chi connectivity index (χ2n) is 5.06. The number of rotatable bonds is 5. The predicted molar refractivity (Wildman–Crippen MR) is 81.5 cm³/mol. The van der Waals surface area contributed by atoms with E-state index >= 15 is 0 Å². The van der Waals surface area contributed by atoms with Gasteiger partial charge in [-0.3, -0.25) is 0 Å². The molecule has 1 N–H and O–H groups in total. The summed E-state index contributed by atoms with van der Waals surface area (Å²) >= 11 is 0. The van der Waals surface area contributed by atoms with Gasteiger partial charge in [0.05, 0.1) is 5.69 Å². The first kappa shape index (κ1) is 14.5. The van der Waals surface area contributed by atoms with Crippen LogP contribution in [0.3, 0.4) is 0 Å². The molecular formula is C15H23N5. The Kier molecular flexibility index (Phi) is 4.37. The largest absolute Gasteiger partial charge is 0.370 e. The highest BCUT2D eigenvalue weighted by Gasteiger charge is 2.14. The van der Waals surface area contributed by atoms with Gasteiger partial charge in [0.2, 0.25) is 0 Å². The molecule has 2 aromatic rings. The summed E-state index contributed by atoms with van der Waals surface area (Å²) in [6.07, 6.45) is 1.91. The molecule has 0 saturated heterocycles. The van der Waals surface area contributed by atoms with Crippen LogP contribution in [-0.2, 0) is 6.42 Å². The second-order valence-corrected chi connectivity index (χ2v) is 5.06. The van der Waals surface area contributed by atoms with E-state index in [1.807, 2.05) is 25.5 Å². The van der Waals surface area contributed by atoms with Crippen molar-refractivity contribution in [1.29, 1.82) is 0 Å². The molecule has 0 saturated carbocycles. The normalized spacial score (nSPS) is 10.8. The Morgan fingerprint density at radius 1 is 1.15 bits per heavy atom. The Balaban J connectivity index is 2.58. The van der Waals surface area contributed by atoms with Crippen molar-refractivity contribution in [2.75, 3.05) is 11.9 Å². The summed E-state index contributed by atoms with van der Waals surface area (Å²) in [5.74, 6) is 2.66. The molecule has 2 heterocycles. The molecule has 0 aromatic carbocycles. The van der Waals surface area contributed by atoms with Crippen molar-refractivity contribution < 1.29 is 0 Å². The molecular weight excluding hydrogens is 250 g/mol. The van der Waals surface area contributed by atoms with Crippen molar-refractivity contribution in [3.63, 3.8) is 0 Å². The summed E-state index contributed by atoms with van der Waals surface area (Å²) < 4.78 is 1.91. The monoisotopic (exact) mass is 273 g/mol. The van der Waals surface area contributed by atoms with E-state index < -0.39 is 0 Å². The number of nitrogens with one attached hydrogen (secondary N) is 1. The third-order valence-electron chi connectivity index (χ3n) is 3.19. The lowest BCUT2D eigenvalue weighted by Gasteiger charge is -2.14. The van der Waals surface area contributed by atoms with Gasteiger partial charge in [0.25, 0.3) is 0 Å². The molecule has 0 aliphatic rings. The van der Waals surface area contributed by atoms with Gasteiger partial charge in [-0.05, 0) is 40.2 Å². The summed E-state index contributed by atoms with van der Waals surface area (Å²) in [6.45, 7) is 11.1. The summed E-state index contributed by atoms with van der Waals surface area (Å²) in [5.41, 5.74) is 3.13. The average Bonchev–Trinajstić information content (AvgIpc) is 2.73. The third-order valence-corrected chi connectivity index (χ3v) is 3.19. The third kappa shape index (κ3) is 2.81. The van der Waals surface area contributed by atoms with Crippen molar-refractivity contribution in [3.05, 3.63) is 28.8 Å². The van der Waals surface area contributed by atoms with Crippen molar-refractivity contribution in [3.8, 4) is 5.82 Å². The number of anilines is 1. The molecule has 0 fully saturated rings. The molecule has 5 heteroatoms. The first-order valence-electron chi connectivity index (χ1n) is 7.21. The Morgan fingerprint density at radius 3 is 2.45 bits per heavy atom. The molecule has 0 aliphatic carbocycles. The van der Waals surface area contributed by atoms with E-state index in [1.165, 1.54) is 0 Å². The van der Waals surface area contributed by atoms with E-state index in [9.17, 15) is 0 Å². The Morgan fingerprint density at radius 2 is 1.90 bits per heavy atom. The molecule has 2 rings (SSSR count). The van der Waals surface area contributed by atoms with Gasteiger partial charge in [-0.25, -0.2) is 14.6 Å². The van der Waals surface area contributed by atoms with Crippen molar-refractivity contribution >= 4 is 5.82 Å². The quantitative estimate of drug-likeness (QED) is 0.910. The fourth-order valence-corrected chi connectivity index (χ4v) is 2.27. The topological polar surface area (TPSA) is 55.6 Å². The molecule has 0 radical (unpaired) electrons. The van der Waals surface area contributed by atoms with Crippen LogP contribution in [0.25, 0.3) is 5.82 Å². The summed E-state index contributed by atoms with van der Waals surface area (Å²) in [4.78, 5) is 9.31. The van der Waals surface area contributed by atoms with E-state index in [4.69, 9.17) is 4.98 Å². The van der Waals surface area contributed by atoms with Crippen LogP contribution >= 0.6 is 0 Å². The van der Waals surface area contributed by atoms with Gasteiger partial charge >= 0.3 is 0 Å². The molecule has 0 aliphatic heterocycles. The van der Waals surface area contributed by atoms with Crippen LogP contribution in [-0.4, -0.2) is 26.3 Å². The van der Waals surface area contributed by atoms with Gasteiger partial charge < -0.3 is 5.32 Å². The second kappa shape index (κ2) is 6.03. The number of nitrogens with zero attached hydrogens (tertiary/aromatic N) is 4. The van der Waals surface area contributed by atoms with Crippen LogP contribution in [0.15, 0.2) is 6.07 Å². The molecule has 2 aromatic heterocycles. The molecule has 108 valence electrons. The predicted octanol–water partition coefficient (Wildman–Crippen LogP) is 2.97. The number of aromatic nitrogens is 4. The van der Waals surface area contributed by atoms with Crippen LogP contribution in [0, 0.1) is 20.8 Å². The number of hydrogen-bond acceptors (Lipinski definition) is 4. The van der Waals surface area contributed by atoms with Crippen molar-refractivity contribution in [2.45, 2.75) is 47.5 Å². The molecule has 0 amide bonds. The van der Waals surface area contributed by atoms with Gasteiger partial charge in [0.1, 0.15) is 11.6 Å². The maximum absolute atomic E-state index is 4.70. The van der Waals surface area contributed by atoms with Gasteiger partial charge in [0.15, 0.2) is 5.82 Å². The maximum Gasteiger partial charge on any atom is 0.162 e. The van der Waals surface area contributed by atoms with Crippen molar-refractivity contribution in [2.24, 2.45) is 0 Å². The molecule has 0 bridgehead atoms. The highest BCUT2D eigenvalue weighted by Crippen LogP contribution is 2.21. The van der Waals surface area contributed by atoms with Crippen LogP contribution < -0.4 is 5.32 Å². The molecule has 5 nitrogen and oxygen atoms in total. The van der Waals surface area contributed by atoms with Gasteiger partial charge in [-0.1, -0.05) is 6.92 Å². The fourth-order valence-electron chi connectivity index (χ4n) is 2.27. The lowest BCUT2D eigenvalue weighted by molar-refractivity contribution is 0.758. The zero-order valence-electron chi connectivity index (χ0n) is 13.0. The number of hydrogen-bond donors (Lipinski definition) is 1. The Bertz CT molecular complexity index is 601. The Labute approximate surface area is 120 Å². The first-order valence-corrected chi connectivity index (χ1v) is 7.21. The maximum atomic E-state index is 4.70. The zero-order chi connectivity index (χ0) is 14.7.